The zero-order valence-electron chi connectivity index (χ0n) is 17.9. The highest BCUT2D eigenvalue weighted by Crippen LogP contribution is 2.24. The Morgan fingerprint density at radius 1 is 1.16 bits per heavy atom. The number of benzene rings is 2. The molecule has 31 heavy (non-hydrogen) atoms. The lowest BCUT2D eigenvalue weighted by Gasteiger charge is -2.28. The van der Waals surface area contributed by atoms with E-state index in [9.17, 15) is 4.79 Å². The third-order valence-corrected chi connectivity index (χ3v) is 6.17. The molecule has 1 fully saturated rings. The summed E-state index contributed by atoms with van der Waals surface area (Å²) in [7, 11) is 0. The molecular formula is C24H29N5OS. The minimum atomic E-state index is 0.0263. The van der Waals surface area contributed by atoms with Crippen LogP contribution in [0.2, 0.25) is 0 Å². The molecule has 3 aromatic rings. The number of likely N-dealkylation sites (tertiary alicyclic amines) is 1. The largest absolute Gasteiger partial charge is 0.354 e. The van der Waals surface area contributed by atoms with Crippen molar-refractivity contribution in [2.45, 2.75) is 38.8 Å². The van der Waals surface area contributed by atoms with E-state index in [0.717, 1.165) is 30.0 Å². The molecule has 2 heterocycles. The van der Waals surface area contributed by atoms with Gasteiger partial charge in [0.05, 0.1) is 6.04 Å². The number of rotatable bonds is 8. The van der Waals surface area contributed by atoms with Crippen molar-refractivity contribution in [1.82, 2.24) is 25.0 Å². The number of aromatic amines is 1. The van der Waals surface area contributed by atoms with E-state index in [0.29, 0.717) is 24.3 Å². The van der Waals surface area contributed by atoms with Gasteiger partial charge in [-0.15, -0.1) is 0 Å². The second-order valence-corrected chi connectivity index (χ2v) is 8.48. The molecule has 2 N–H and O–H groups in total. The van der Waals surface area contributed by atoms with Gasteiger partial charge < -0.3 is 5.32 Å². The number of hydrogen-bond donors (Lipinski definition) is 2. The van der Waals surface area contributed by atoms with E-state index in [1.165, 1.54) is 18.4 Å². The molecule has 0 spiro atoms. The van der Waals surface area contributed by atoms with Crippen LogP contribution < -0.4 is 5.32 Å². The number of H-pyrrole nitrogens is 1. The molecule has 162 valence electrons. The predicted molar refractivity (Wildman–Crippen MR) is 125 cm³/mol. The second-order valence-electron chi connectivity index (χ2n) is 8.10. The minimum absolute atomic E-state index is 0.0263. The molecule has 1 saturated heterocycles. The van der Waals surface area contributed by atoms with E-state index < -0.39 is 0 Å². The average molecular weight is 436 g/mol. The van der Waals surface area contributed by atoms with E-state index in [2.05, 4.69) is 50.7 Å². The summed E-state index contributed by atoms with van der Waals surface area (Å²) in [4.78, 5) is 15.2. The molecule has 1 atom stereocenters. The van der Waals surface area contributed by atoms with Crippen LogP contribution in [0.25, 0.3) is 11.4 Å². The summed E-state index contributed by atoms with van der Waals surface area (Å²) in [5, 5.41) is 10.4. The number of amides is 1. The van der Waals surface area contributed by atoms with Crippen LogP contribution in [0.15, 0.2) is 54.6 Å². The van der Waals surface area contributed by atoms with Crippen molar-refractivity contribution in [1.29, 1.82) is 0 Å². The molecule has 0 bridgehead atoms. The molecule has 1 aromatic heterocycles. The van der Waals surface area contributed by atoms with Crippen molar-refractivity contribution in [3.8, 4) is 11.4 Å². The van der Waals surface area contributed by atoms with Gasteiger partial charge in [0.1, 0.15) is 0 Å². The standard InChI is InChI=1S/C24H29N5OS/c1-18-8-7-11-20(16-18)23-26-27-24(31)29(23)15-12-22(30)25-17-21(28-13-5-6-14-28)19-9-3-2-4-10-19/h2-4,7-11,16,21H,5-6,12-15,17H2,1H3,(H,25,30)(H,27,31)/t21-/m0/s1. The van der Waals surface area contributed by atoms with Gasteiger partial charge >= 0.3 is 0 Å². The topological polar surface area (TPSA) is 66.0 Å². The van der Waals surface area contributed by atoms with E-state index >= 15 is 0 Å². The van der Waals surface area contributed by atoms with Crippen LogP contribution in [0, 0.1) is 11.7 Å². The molecule has 7 heteroatoms. The molecule has 6 nitrogen and oxygen atoms in total. The fraction of sp³-hybridized carbons (Fsp3) is 0.375. The van der Waals surface area contributed by atoms with Crippen LogP contribution in [0.1, 0.15) is 36.4 Å². The van der Waals surface area contributed by atoms with E-state index in [1.54, 1.807) is 0 Å². The molecule has 1 aliphatic heterocycles. The molecule has 1 amide bonds. The Bertz CT molecular complexity index is 1070. The zero-order chi connectivity index (χ0) is 21.6. The Kier molecular flexibility index (Phi) is 6.94. The molecule has 4 rings (SSSR count). The first kappa shape index (κ1) is 21.5. The highest BCUT2D eigenvalue weighted by atomic mass is 32.1. The summed E-state index contributed by atoms with van der Waals surface area (Å²) in [6.07, 6.45) is 2.80. The van der Waals surface area contributed by atoms with Crippen LogP contribution in [0.4, 0.5) is 0 Å². The quantitative estimate of drug-likeness (QED) is 0.519. The van der Waals surface area contributed by atoms with Gasteiger partial charge in [0, 0.05) is 25.1 Å². The lowest BCUT2D eigenvalue weighted by Crippen LogP contribution is -2.37. The molecule has 2 aromatic carbocycles. The Morgan fingerprint density at radius 2 is 1.94 bits per heavy atom. The highest BCUT2D eigenvalue weighted by molar-refractivity contribution is 7.71. The van der Waals surface area contributed by atoms with Gasteiger partial charge in [-0.2, -0.15) is 5.10 Å². The van der Waals surface area contributed by atoms with Crippen LogP contribution in [-0.2, 0) is 11.3 Å². The summed E-state index contributed by atoms with van der Waals surface area (Å²) in [5.41, 5.74) is 3.40. The van der Waals surface area contributed by atoms with Crippen LogP contribution in [0.3, 0.4) is 0 Å². The summed E-state index contributed by atoms with van der Waals surface area (Å²) in [5.74, 6) is 0.791. The van der Waals surface area contributed by atoms with Crippen LogP contribution in [-0.4, -0.2) is 45.2 Å². The maximum absolute atomic E-state index is 12.7. The fourth-order valence-corrected chi connectivity index (χ4v) is 4.45. The lowest BCUT2D eigenvalue weighted by molar-refractivity contribution is -0.121. The van der Waals surface area contributed by atoms with Crippen molar-refractivity contribution in [3.63, 3.8) is 0 Å². The number of aromatic nitrogens is 3. The van der Waals surface area contributed by atoms with Crippen molar-refractivity contribution in [2.75, 3.05) is 19.6 Å². The maximum Gasteiger partial charge on any atom is 0.221 e. The highest BCUT2D eigenvalue weighted by Gasteiger charge is 2.23. The van der Waals surface area contributed by atoms with E-state index in [4.69, 9.17) is 12.2 Å². The average Bonchev–Trinajstić information content (AvgIpc) is 3.43. The Hall–Kier alpha value is -2.77. The SMILES string of the molecule is Cc1cccc(-c2n[nH]c(=S)n2CCC(=O)NC[C@@H](c2ccccc2)N2CCCC2)c1. The molecule has 0 unspecified atom stereocenters. The predicted octanol–water partition coefficient (Wildman–Crippen LogP) is 4.26. The lowest BCUT2D eigenvalue weighted by atomic mass is 10.1. The number of carbonyl (C=O) groups excluding carboxylic acids is 1. The van der Waals surface area contributed by atoms with E-state index in [1.807, 2.05) is 35.8 Å². The number of nitrogens with one attached hydrogen (secondary N) is 2. The smallest absolute Gasteiger partial charge is 0.221 e. The van der Waals surface area contributed by atoms with Gasteiger partial charge in [-0.25, -0.2) is 0 Å². The Morgan fingerprint density at radius 3 is 2.68 bits per heavy atom. The van der Waals surface area contributed by atoms with Gasteiger partial charge in [0.15, 0.2) is 10.6 Å². The number of hydrogen-bond acceptors (Lipinski definition) is 4. The van der Waals surface area contributed by atoms with Crippen molar-refractivity contribution in [3.05, 3.63) is 70.5 Å². The first-order valence-corrected chi connectivity index (χ1v) is 11.3. The number of aryl methyl sites for hydroxylation is 1. The first-order chi connectivity index (χ1) is 15.1. The normalized spacial score (nSPS) is 15.1. The first-order valence-electron chi connectivity index (χ1n) is 10.9. The number of carbonyl (C=O) groups is 1. The van der Waals surface area contributed by atoms with Gasteiger partial charge in [-0.05, 0) is 56.7 Å². The van der Waals surface area contributed by atoms with Gasteiger partial charge in [-0.1, -0.05) is 54.1 Å². The van der Waals surface area contributed by atoms with Gasteiger partial charge in [0.2, 0.25) is 5.91 Å². The van der Waals surface area contributed by atoms with Gasteiger partial charge in [0.25, 0.3) is 0 Å². The summed E-state index contributed by atoms with van der Waals surface area (Å²) < 4.78 is 2.43. The van der Waals surface area contributed by atoms with E-state index in [-0.39, 0.29) is 11.9 Å². The summed E-state index contributed by atoms with van der Waals surface area (Å²) >= 11 is 5.41. The van der Waals surface area contributed by atoms with Crippen LogP contribution >= 0.6 is 12.2 Å². The molecule has 0 aliphatic carbocycles. The minimum Gasteiger partial charge on any atom is -0.354 e. The molecular weight excluding hydrogens is 406 g/mol. The van der Waals surface area contributed by atoms with Gasteiger partial charge in [-0.3, -0.25) is 19.4 Å². The van der Waals surface area contributed by atoms with Crippen LogP contribution in [0.5, 0.6) is 0 Å². The molecule has 1 aliphatic rings. The number of nitrogens with zero attached hydrogens (tertiary/aromatic N) is 3. The fourth-order valence-electron chi connectivity index (χ4n) is 4.23. The monoisotopic (exact) mass is 435 g/mol. The van der Waals surface area contributed by atoms with Crippen molar-refractivity contribution >= 4 is 18.1 Å². The molecule has 0 radical (unpaired) electrons. The summed E-state index contributed by atoms with van der Waals surface area (Å²) in [6, 6.07) is 18.8. The van der Waals surface area contributed by atoms with Crippen molar-refractivity contribution < 1.29 is 4.79 Å². The second kappa shape index (κ2) is 10.0. The zero-order valence-corrected chi connectivity index (χ0v) is 18.7. The third-order valence-electron chi connectivity index (χ3n) is 5.86. The Balaban J connectivity index is 1.39. The Labute approximate surface area is 188 Å². The molecule has 0 saturated carbocycles. The summed E-state index contributed by atoms with van der Waals surface area (Å²) in [6.45, 7) is 5.32. The third kappa shape index (κ3) is 5.29. The maximum atomic E-state index is 12.7. The van der Waals surface area contributed by atoms with Crippen molar-refractivity contribution in [2.24, 2.45) is 0 Å².